The van der Waals surface area contributed by atoms with Crippen molar-refractivity contribution in [2.75, 3.05) is 13.1 Å². The number of benzene rings is 1. The molecule has 1 spiro atoms. The van der Waals surface area contributed by atoms with Crippen LogP contribution >= 0.6 is 0 Å². The molecular formula is C19H22FN3O3S. The van der Waals surface area contributed by atoms with Crippen molar-refractivity contribution >= 4 is 10.0 Å². The minimum atomic E-state index is -3.82. The summed E-state index contributed by atoms with van der Waals surface area (Å²) in [5.41, 5.74) is 1.35. The Labute approximate surface area is 157 Å². The summed E-state index contributed by atoms with van der Waals surface area (Å²) >= 11 is 0. The first-order valence-corrected chi connectivity index (χ1v) is 10.5. The lowest BCUT2D eigenvalue weighted by Crippen LogP contribution is -2.48. The van der Waals surface area contributed by atoms with Gasteiger partial charge in [0.05, 0.1) is 10.6 Å². The molecule has 1 unspecified atom stereocenters. The van der Waals surface area contributed by atoms with Gasteiger partial charge in [0.25, 0.3) is 5.56 Å². The van der Waals surface area contributed by atoms with Gasteiger partial charge in [-0.1, -0.05) is 6.07 Å². The number of nitrogens with one attached hydrogen (secondary N) is 1. The number of halogens is 1. The third-order valence-corrected chi connectivity index (χ3v) is 7.79. The third kappa shape index (κ3) is 2.91. The number of rotatable bonds is 2. The number of piperidine rings is 1. The summed E-state index contributed by atoms with van der Waals surface area (Å²) in [7, 11) is -3.82. The van der Waals surface area contributed by atoms with Crippen LogP contribution in [0.25, 0.3) is 0 Å². The SMILES string of the molecule is Cc1nc2c(c(=O)[nH]1)CCC21CCCN(S(=O)(=O)c2cc(F)ccc2C)C1. The van der Waals surface area contributed by atoms with Gasteiger partial charge in [-0.25, -0.2) is 17.8 Å². The molecular weight excluding hydrogens is 369 g/mol. The molecule has 2 aromatic rings. The maximum Gasteiger partial charge on any atom is 0.254 e. The molecule has 4 rings (SSSR count). The molecule has 1 saturated heterocycles. The number of aryl methyl sites for hydroxylation is 2. The van der Waals surface area contributed by atoms with Crippen molar-refractivity contribution in [1.29, 1.82) is 0 Å². The molecule has 0 radical (unpaired) electrons. The summed E-state index contributed by atoms with van der Waals surface area (Å²) in [6.07, 6.45) is 2.78. The van der Waals surface area contributed by atoms with Crippen LogP contribution < -0.4 is 5.56 Å². The number of nitrogens with zero attached hydrogens (tertiary/aromatic N) is 2. The molecule has 0 saturated carbocycles. The molecule has 1 aromatic carbocycles. The highest BCUT2D eigenvalue weighted by Gasteiger charge is 2.47. The topological polar surface area (TPSA) is 83.1 Å². The van der Waals surface area contributed by atoms with Crippen molar-refractivity contribution in [3.63, 3.8) is 0 Å². The summed E-state index contributed by atoms with van der Waals surface area (Å²) in [6.45, 7) is 4.06. The Kier molecular flexibility index (Phi) is 4.23. The highest BCUT2D eigenvalue weighted by molar-refractivity contribution is 7.89. The smallest absolute Gasteiger partial charge is 0.254 e. The zero-order valence-corrected chi connectivity index (χ0v) is 16.2. The van der Waals surface area contributed by atoms with Crippen LogP contribution in [0.5, 0.6) is 0 Å². The minimum absolute atomic E-state index is 0.00724. The van der Waals surface area contributed by atoms with Crippen LogP contribution in [-0.4, -0.2) is 35.8 Å². The third-order valence-electron chi connectivity index (χ3n) is 5.80. The highest BCUT2D eigenvalue weighted by atomic mass is 32.2. The van der Waals surface area contributed by atoms with Crippen LogP contribution in [-0.2, 0) is 21.9 Å². The Morgan fingerprint density at radius 2 is 2.04 bits per heavy atom. The summed E-state index contributed by atoms with van der Waals surface area (Å²) in [6, 6.07) is 3.83. The maximum atomic E-state index is 13.7. The van der Waals surface area contributed by atoms with E-state index in [-0.39, 0.29) is 17.0 Å². The fourth-order valence-corrected chi connectivity index (χ4v) is 6.25. The molecule has 1 N–H and O–H groups in total. The molecule has 2 heterocycles. The highest BCUT2D eigenvalue weighted by Crippen LogP contribution is 2.44. The van der Waals surface area contributed by atoms with Crippen LogP contribution in [0, 0.1) is 19.7 Å². The van der Waals surface area contributed by atoms with Gasteiger partial charge in [-0.15, -0.1) is 0 Å². The van der Waals surface area contributed by atoms with Crippen molar-refractivity contribution in [3.8, 4) is 0 Å². The molecule has 144 valence electrons. The lowest BCUT2D eigenvalue weighted by atomic mass is 9.78. The first-order chi connectivity index (χ1) is 12.7. The second-order valence-electron chi connectivity index (χ2n) is 7.61. The zero-order chi connectivity index (χ0) is 19.4. The summed E-state index contributed by atoms with van der Waals surface area (Å²) < 4.78 is 41.6. The quantitative estimate of drug-likeness (QED) is 0.851. The fraction of sp³-hybridized carbons (Fsp3) is 0.474. The van der Waals surface area contributed by atoms with Crippen molar-refractivity contribution in [2.24, 2.45) is 0 Å². The van der Waals surface area contributed by atoms with E-state index in [4.69, 9.17) is 0 Å². The van der Waals surface area contributed by atoms with Gasteiger partial charge in [-0.3, -0.25) is 4.79 Å². The molecule has 6 nitrogen and oxygen atoms in total. The van der Waals surface area contributed by atoms with Gasteiger partial charge in [-0.2, -0.15) is 4.31 Å². The molecule has 1 aromatic heterocycles. The van der Waals surface area contributed by atoms with E-state index in [1.807, 2.05) is 0 Å². The molecule has 27 heavy (non-hydrogen) atoms. The lowest BCUT2D eigenvalue weighted by molar-refractivity contribution is 0.219. The molecule has 0 amide bonds. The van der Waals surface area contributed by atoms with Crippen molar-refractivity contribution < 1.29 is 12.8 Å². The standard InChI is InChI=1S/C19H22FN3O3S/c1-12-4-5-14(20)10-16(12)27(25,26)23-9-3-7-19(11-23)8-6-15-17(19)21-13(2)22-18(15)24/h4-5,10H,3,6-9,11H2,1-2H3,(H,21,22,24). The second-order valence-corrected chi connectivity index (χ2v) is 9.52. The van der Waals surface area contributed by atoms with Crippen LogP contribution in [0.1, 0.15) is 41.9 Å². The predicted octanol–water partition coefficient (Wildman–Crippen LogP) is 2.19. The Balaban J connectivity index is 1.75. The number of H-pyrrole nitrogens is 1. The second kappa shape index (κ2) is 6.24. The van der Waals surface area contributed by atoms with Crippen LogP contribution in [0.15, 0.2) is 27.9 Å². The maximum absolute atomic E-state index is 13.7. The fourth-order valence-electron chi connectivity index (χ4n) is 4.45. The van der Waals surface area contributed by atoms with Crippen molar-refractivity contribution in [2.45, 2.75) is 49.8 Å². The van der Waals surface area contributed by atoms with Gasteiger partial charge < -0.3 is 4.98 Å². The Hall–Kier alpha value is -2.06. The first-order valence-electron chi connectivity index (χ1n) is 9.10. The Bertz CT molecular complexity index is 1080. The minimum Gasteiger partial charge on any atom is -0.311 e. The summed E-state index contributed by atoms with van der Waals surface area (Å²) in [5, 5.41) is 0. The van der Waals surface area contributed by atoms with Gasteiger partial charge in [0.15, 0.2) is 0 Å². The molecule has 8 heteroatoms. The van der Waals surface area contributed by atoms with E-state index in [9.17, 15) is 17.6 Å². The van der Waals surface area contributed by atoms with Crippen molar-refractivity contribution in [3.05, 3.63) is 57.0 Å². The average molecular weight is 391 g/mol. The number of hydrogen-bond acceptors (Lipinski definition) is 4. The molecule has 0 bridgehead atoms. The average Bonchev–Trinajstić information content (AvgIpc) is 2.95. The van der Waals surface area contributed by atoms with Gasteiger partial charge >= 0.3 is 0 Å². The molecule has 1 fully saturated rings. The van der Waals surface area contributed by atoms with E-state index in [1.165, 1.54) is 16.4 Å². The predicted molar refractivity (Wildman–Crippen MR) is 98.7 cm³/mol. The number of aromatic nitrogens is 2. The van der Waals surface area contributed by atoms with E-state index >= 15 is 0 Å². The number of sulfonamides is 1. The monoisotopic (exact) mass is 391 g/mol. The van der Waals surface area contributed by atoms with Crippen LogP contribution in [0.4, 0.5) is 4.39 Å². The summed E-state index contributed by atoms with van der Waals surface area (Å²) in [4.78, 5) is 19.6. The molecule has 1 aliphatic carbocycles. The Morgan fingerprint density at radius 3 is 2.81 bits per heavy atom. The number of fused-ring (bicyclic) bond motifs is 2. The van der Waals surface area contributed by atoms with Crippen molar-refractivity contribution in [1.82, 2.24) is 14.3 Å². The largest absolute Gasteiger partial charge is 0.311 e. The van der Waals surface area contributed by atoms with Gasteiger partial charge in [0.2, 0.25) is 10.0 Å². The van der Waals surface area contributed by atoms with Gasteiger partial charge in [-0.05, 0) is 57.2 Å². The van der Waals surface area contributed by atoms with Crippen LogP contribution in [0.2, 0.25) is 0 Å². The number of hydrogen-bond donors (Lipinski definition) is 1. The normalized spacial score (nSPS) is 22.9. The molecule has 2 aliphatic rings. The van der Waals surface area contributed by atoms with E-state index in [2.05, 4.69) is 9.97 Å². The Morgan fingerprint density at radius 1 is 1.26 bits per heavy atom. The summed E-state index contributed by atoms with van der Waals surface area (Å²) in [5.74, 6) is -0.0260. The zero-order valence-electron chi connectivity index (χ0n) is 15.4. The molecule has 1 atom stereocenters. The van der Waals surface area contributed by atoms with Gasteiger partial charge in [0, 0.05) is 24.1 Å². The van der Waals surface area contributed by atoms with E-state index < -0.39 is 21.3 Å². The number of aromatic amines is 1. The van der Waals surface area contributed by atoms with Crippen LogP contribution in [0.3, 0.4) is 0 Å². The van der Waals surface area contributed by atoms with E-state index in [0.29, 0.717) is 42.8 Å². The van der Waals surface area contributed by atoms with E-state index in [0.717, 1.165) is 18.2 Å². The first kappa shape index (κ1) is 18.3. The van der Waals surface area contributed by atoms with E-state index in [1.54, 1.807) is 13.8 Å². The lowest BCUT2D eigenvalue weighted by Gasteiger charge is -2.39. The van der Waals surface area contributed by atoms with Gasteiger partial charge in [0.1, 0.15) is 11.6 Å². The molecule has 1 aliphatic heterocycles.